The van der Waals surface area contributed by atoms with Crippen molar-refractivity contribution in [1.29, 1.82) is 0 Å². The van der Waals surface area contributed by atoms with Gasteiger partial charge in [0.1, 0.15) is 0 Å². The highest BCUT2D eigenvalue weighted by atomic mass is 16.3. The second-order valence-electron chi connectivity index (χ2n) is 4.80. The SMILES string of the molecule is CC(C)C(C)C(N=O)C(C)C(C)C. The highest BCUT2D eigenvalue weighted by molar-refractivity contribution is 4.81. The number of hydrogen-bond donors (Lipinski definition) is 0. The molecule has 0 rings (SSSR count). The number of hydrogen-bond acceptors (Lipinski definition) is 2. The van der Waals surface area contributed by atoms with E-state index in [9.17, 15) is 4.91 Å². The number of nitroso groups, excluding NO2 is 1. The molecule has 0 bridgehead atoms. The fourth-order valence-corrected chi connectivity index (χ4v) is 1.46. The standard InChI is InChI=1S/C11H23NO/c1-7(2)9(5)11(12-13)10(6)8(3)4/h7-11H,1-6H3. The molecule has 2 atom stereocenters. The average molecular weight is 185 g/mol. The zero-order valence-corrected chi connectivity index (χ0v) is 9.74. The molecule has 0 aromatic heterocycles. The zero-order chi connectivity index (χ0) is 10.6. The molecule has 0 fully saturated rings. The predicted molar refractivity (Wildman–Crippen MR) is 57.6 cm³/mol. The third kappa shape index (κ3) is 3.45. The largest absolute Gasteiger partial charge is 0.150 e. The van der Waals surface area contributed by atoms with E-state index >= 15 is 0 Å². The van der Waals surface area contributed by atoms with Crippen molar-refractivity contribution in [2.45, 2.75) is 47.6 Å². The van der Waals surface area contributed by atoms with E-state index in [4.69, 9.17) is 0 Å². The Hall–Kier alpha value is -0.400. The molecule has 0 heterocycles. The van der Waals surface area contributed by atoms with Crippen LogP contribution in [0.25, 0.3) is 0 Å². The molecule has 0 saturated heterocycles. The van der Waals surface area contributed by atoms with Gasteiger partial charge in [0.05, 0.1) is 6.04 Å². The van der Waals surface area contributed by atoms with Crippen LogP contribution in [0.4, 0.5) is 0 Å². The van der Waals surface area contributed by atoms with Crippen LogP contribution in [0.15, 0.2) is 5.18 Å². The summed E-state index contributed by atoms with van der Waals surface area (Å²) in [4.78, 5) is 10.7. The molecule has 0 radical (unpaired) electrons. The Labute approximate surface area is 82.1 Å². The summed E-state index contributed by atoms with van der Waals surface area (Å²) >= 11 is 0. The van der Waals surface area contributed by atoms with E-state index in [2.05, 4.69) is 46.7 Å². The van der Waals surface area contributed by atoms with Crippen molar-refractivity contribution in [3.63, 3.8) is 0 Å². The van der Waals surface area contributed by atoms with Gasteiger partial charge in [0.15, 0.2) is 0 Å². The quantitative estimate of drug-likeness (QED) is 0.600. The van der Waals surface area contributed by atoms with Crippen LogP contribution >= 0.6 is 0 Å². The molecule has 0 spiro atoms. The Morgan fingerprint density at radius 1 is 0.769 bits per heavy atom. The van der Waals surface area contributed by atoms with Crippen molar-refractivity contribution < 1.29 is 0 Å². The zero-order valence-electron chi connectivity index (χ0n) is 9.74. The van der Waals surface area contributed by atoms with Gasteiger partial charge in [-0.2, -0.15) is 4.91 Å². The van der Waals surface area contributed by atoms with E-state index in [0.717, 1.165) is 0 Å². The third-order valence-electron chi connectivity index (χ3n) is 3.30. The Bertz CT molecular complexity index is 140. The molecular weight excluding hydrogens is 162 g/mol. The molecule has 0 aliphatic rings. The molecule has 0 N–H and O–H groups in total. The van der Waals surface area contributed by atoms with Gasteiger partial charge < -0.3 is 0 Å². The molecule has 0 aliphatic heterocycles. The fourth-order valence-electron chi connectivity index (χ4n) is 1.46. The highest BCUT2D eigenvalue weighted by Gasteiger charge is 2.28. The van der Waals surface area contributed by atoms with Gasteiger partial charge in [0.2, 0.25) is 0 Å². The lowest BCUT2D eigenvalue weighted by atomic mass is 9.79. The second-order valence-corrected chi connectivity index (χ2v) is 4.80. The van der Waals surface area contributed by atoms with Crippen molar-refractivity contribution in [3.8, 4) is 0 Å². The van der Waals surface area contributed by atoms with Gasteiger partial charge in [-0.25, -0.2) is 0 Å². The summed E-state index contributed by atoms with van der Waals surface area (Å²) in [6.45, 7) is 12.8. The smallest absolute Gasteiger partial charge is 0.0975 e. The summed E-state index contributed by atoms with van der Waals surface area (Å²) in [5.41, 5.74) is 0. The van der Waals surface area contributed by atoms with Crippen LogP contribution in [-0.2, 0) is 0 Å². The molecular formula is C11H23NO. The van der Waals surface area contributed by atoms with Crippen LogP contribution in [0.3, 0.4) is 0 Å². The first-order chi connectivity index (χ1) is 5.91. The van der Waals surface area contributed by atoms with Crippen LogP contribution in [-0.4, -0.2) is 6.04 Å². The van der Waals surface area contributed by atoms with Crippen LogP contribution in [0.1, 0.15) is 41.5 Å². The Kier molecular flexibility index (Phi) is 5.19. The van der Waals surface area contributed by atoms with E-state index in [-0.39, 0.29) is 6.04 Å². The molecule has 0 aromatic rings. The van der Waals surface area contributed by atoms with Crippen molar-refractivity contribution in [2.75, 3.05) is 0 Å². The van der Waals surface area contributed by atoms with E-state index < -0.39 is 0 Å². The maximum atomic E-state index is 10.7. The lowest BCUT2D eigenvalue weighted by Gasteiger charge is -2.28. The predicted octanol–water partition coefficient (Wildman–Crippen LogP) is 3.71. The van der Waals surface area contributed by atoms with Crippen molar-refractivity contribution in [2.24, 2.45) is 28.8 Å². The summed E-state index contributed by atoms with van der Waals surface area (Å²) in [6.07, 6.45) is 0. The highest BCUT2D eigenvalue weighted by Crippen LogP contribution is 2.27. The van der Waals surface area contributed by atoms with Crippen LogP contribution in [0.2, 0.25) is 0 Å². The first kappa shape index (κ1) is 12.6. The Balaban J connectivity index is 4.40. The first-order valence-corrected chi connectivity index (χ1v) is 5.24. The Morgan fingerprint density at radius 2 is 1.08 bits per heavy atom. The molecule has 0 aromatic carbocycles. The van der Waals surface area contributed by atoms with Crippen LogP contribution < -0.4 is 0 Å². The maximum Gasteiger partial charge on any atom is 0.0975 e. The molecule has 0 saturated carbocycles. The normalized spacial score (nSPS) is 18.8. The fraction of sp³-hybridized carbons (Fsp3) is 1.00. The minimum Gasteiger partial charge on any atom is -0.150 e. The number of rotatable bonds is 5. The average Bonchev–Trinajstić information content (AvgIpc) is 2.04. The third-order valence-corrected chi connectivity index (χ3v) is 3.30. The lowest BCUT2D eigenvalue weighted by molar-refractivity contribution is 0.236. The van der Waals surface area contributed by atoms with E-state index in [0.29, 0.717) is 23.7 Å². The van der Waals surface area contributed by atoms with Gasteiger partial charge >= 0.3 is 0 Å². The molecule has 13 heavy (non-hydrogen) atoms. The summed E-state index contributed by atoms with van der Waals surface area (Å²) < 4.78 is 0. The van der Waals surface area contributed by atoms with E-state index in [1.807, 2.05) is 0 Å². The van der Waals surface area contributed by atoms with Crippen molar-refractivity contribution >= 4 is 0 Å². The minimum atomic E-state index is -0.0278. The summed E-state index contributed by atoms with van der Waals surface area (Å²) in [6, 6.07) is -0.0278. The van der Waals surface area contributed by atoms with Crippen LogP contribution in [0, 0.1) is 28.6 Å². The van der Waals surface area contributed by atoms with Gasteiger partial charge in [0, 0.05) is 0 Å². The van der Waals surface area contributed by atoms with E-state index in [1.54, 1.807) is 0 Å². The molecule has 0 amide bonds. The minimum absolute atomic E-state index is 0.0278. The molecule has 78 valence electrons. The molecule has 2 nitrogen and oxygen atoms in total. The topological polar surface area (TPSA) is 29.4 Å². The van der Waals surface area contributed by atoms with Gasteiger partial charge in [-0.15, -0.1) is 0 Å². The van der Waals surface area contributed by atoms with Crippen molar-refractivity contribution in [3.05, 3.63) is 4.91 Å². The van der Waals surface area contributed by atoms with Gasteiger partial charge in [-0.3, -0.25) is 0 Å². The lowest BCUT2D eigenvalue weighted by Crippen LogP contribution is -2.30. The summed E-state index contributed by atoms with van der Waals surface area (Å²) in [7, 11) is 0. The van der Waals surface area contributed by atoms with E-state index in [1.165, 1.54) is 0 Å². The monoisotopic (exact) mass is 185 g/mol. The summed E-state index contributed by atoms with van der Waals surface area (Å²) in [5, 5.41) is 3.28. The molecule has 0 aliphatic carbocycles. The van der Waals surface area contributed by atoms with Gasteiger partial charge in [-0.1, -0.05) is 46.7 Å². The van der Waals surface area contributed by atoms with Gasteiger partial charge in [0.25, 0.3) is 0 Å². The second kappa shape index (κ2) is 5.36. The molecule has 2 heteroatoms. The molecule has 2 unspecified atom stereocenters. The maximum absolute atomic E-state index is 10.7. The van der Waals surface area contributed by atoms with Crippen LogP contribution in [0.5, 0.6) is 0 Å². The first-order valence-electron chi connectivity index (χ1n) is 5.24. The summed E-state index contributed by atoms with van der Waals surface area (Å²) in [5.74, 6) is 1.83. The number of nitrogens with zero attached hydrogens (tertiary/aromatic N) is 1. The van der Waals surface area contributed by atoms with Gasteiger partial charge in [-0.05, 0) is 23.7 Å². The van der Waals surface area contributed by atoms with Crippen molar-refractivity contribution in [1.82, 2.24) is 0 Å². The Morgan fingerprint density at radius 3 is 1.23 bits per heavy atom.